The highest BCUT2D eigenvalue weighted by atomic mass is 16.6. The minimum atomic E-state index is -0.983. The van der Waals surface area contributed by atoms with Crippen molar-refractivity contribution in [3.8, 4) is 0 Å². The fraction of sp³-hybridized carbons (Fsp3) is 0.0800. The summed E-state index contributed by atoms with van der Waals surface area (Å²) in [5, 5.41) is 25.3. The maximum atomic E-state index is 12.3. The normalized spacial score (nSPS) is 11.1. The van der Waals surface area contributed by atoms with Gasteiger partial charge in [-0.3, -0.25) is 14.9 Å². The van der Waals surface area contributed by atoms with Gasteiger partial charge in [-0.2, -0.15) is 5.10 Å². The van der Waals surface area contributed by atoms with E-state index in [1.54, 1.807) is 30.3 Å². The molecule has 4 rings (SSSR count). The number of nitro groups is 1. The first-order chi connectivity index (χ1) is 16.4. The number of carbonyl (C=O) groups excluding carboxylic acids is 1. The van der Waals surface area contributed by atoms with Crippen LogP contribution in [-0.4, -0.2) is 32.7 Å². The van der Waals surface area contributed by atoms with Crippen LogP contribution in [0.25, 0.3) is 10.9 Å². The smallest absolute Gasteiger partial charge is 0.335 e. The van der Waals surface area contributed by atoms with Crippen molar-refractivity contribution in [1.29, 1.82) is 0 Å². The Morgan fingerprint density at radius 1 is 1.06 bits per heavy atom. The third-order valence-electron chi connectivity index (χ3n) is 5.28. The molecule has 2 N–H and O–H groups in total. The number of fused-ring (bicyclic) bond motifs is 1. The number of carboxylic acids is 1. The zero-order valence-electron chi connectivity index (χ0n) is 17.9. The number of carbonyl (C=O) groups is 2. The summed E-state index contributed by atoms with van der Waals surface area (Å²) in [6, 6.07) is 20.5. The number of hydrazone groups is 1. The molecule has 34 heavy (non-hydrogen) atoms. The van der Waals surface area contributed by atoms with E-state index in [0.29, 0.717) is 12.1 Å². The number of nitrogens with zero attached hydrogens (tertiary/aromatic N) is 3. The van der Waals surface area contributed by atoms with Gasteiger partial charge in [0.1, 0.15) is 0 Å². The van der Waals surface area contributed by atoms with Crippen LogP contribution in [0.15, 0.2) is 84.1 Å². The van der Waals surface area contributed by atoms with E-state index in [1.165, 1.54) is 18.3 Å². The zero-order chi connectivity index (χ0) is 24.1. The minimum Gasteiger partial charge on any atom is -0.478 e. The topological polar surface area (TPSA) is 127 Å². The number of hydrogen-bond donors (Lipinski definition) is 2. The number of aromatic nitrogens is 1. The Kier molecular flexibility index (Phi) is 6.45. The lowest BCUT2D eigenvalue weighted by Gasteiger charge is -2.06. The summed E-state index contributed by atoms with van der Waals surface area (Å²) in [6.45, 7) is 0.458. The minimum absolute atomic E-state index is 0.114. The Labute approximate surface area is 194 Å². The highest BCUT2D eigenvalue weighted by Crippen LogP contribution is 2.22. The monoisotopic (exact) mass is 456 g/mol. The maximum absolute atomic E-state index is 12.3. The van der Waals surface area contributed by atoms with E-state index in [0.717, 1.165) is 22.0 Å². The Morgan fingerprint density at radius 3 is 2.62 bits per heavy atom. The number of para-hydroxylation sites is 2. The molecule has 3 aromatic carbocycles. The summed E-state index contributed by atoms with van der Waals surface area (Å²) in [4.78, 5) is 34.1. The van der Waals surface area contributed by atoms with Crippen LogP contribution in [-0.2, 0) is 17.8 Å². The molecule has 4 aromatic rings. The van der Waals surface area contributed by atoms with E-state index >= 15 is 0 Å². The van der Waals surface area contributed by atoms with Crippen LogP contribution < -0.4 is 5.43 Å². The number of aromatic carboxylic acids is 1. The number of rotatable bonds is 8. The molecule has 1 heterocycles. The molecular weight excluding hydrogens is 436 g/mol. The van der Waals surface area contributed by atoms with Crippen molar-refractivity contribution >= 4 is 34.7 Å². The SMILES string of the molecule is O=C(Cc1ccccc1[N+](=O)[O-])NN=Cc1cn(Cc2cccc(C(=O)O)c2)c2ccccc12. The third-order valence-corrected chi connectivity index (χ3v) is 5.28. The van der Waals surface area contributed by atoms with Gasteiger partial charge in [-0.15, -0.1) is 0 Å². The molecule has 0 saturated carbocycles. The first kappa shape index (κ1) is 22.4. The summed E-state index contributed by atoms with van der Waals surface area (Å²) in [7, 11) is 0. The fourth-order valence-corrected chi connectivity index (χ4v) is 3.73. The molecule has 9 nitrogen and oxygen atoms in total. The Morgan fingerprint density at radius 2 is 1.82 bits per heavy atom. The number of carboxylic acid groups (broad SMARTS) is 1. The lowest BCUT2D eigenvalue weighted by Crippen LogP contribution is -2.20. The Bertz CT molecular complexity index is 1420. The van der Waals surface area contributed by atoms with Crippen molar-refractivity contribution in [2.45, 2.75) is 13.0 Å². The average molecular weight is 456 g/mol. The molecule has 0 aliphatic rings. The van der Waals surface area contributed by atoms with E-state index in [-0.39, 0.29) is 17.7 Å². The molecule has 0 spiro atoms. The van der Waals surface area contributed by atoms with Crippen LogP contribution >= 0.6 is 0 Å². The number of nitro benzene ring substituents is 1. The Hall–Kier alpha value is -4.79. The van der Waals surface area contributed by atoms with Crippen molar-refractivity contribution in [3.63, 3.8) is 0 Å². The summed E-state index contributed by atoms with van der Waals surface area (Å²) in [5.74, 6) is -1.46. The van der Waals surface area contributed by atoms with E-state index in [1.807, 2.05) is 41.1 Å². The molecular formula is C25H20N4O5. The second-order valence-corrected chi connectivity index (χ2v) is 7.59. The standard InChI is InChI=1S/C25H20N4O5/c30-24(13-18-7-1-3-10-22(18)29(33)34)27-26-14-20-16-28(23-11-4-2-9-21(20)23)15-17-6-5-8-19(12-17)25(31)32/h1-12,14,16H,13,15H2,(H,27,30)(H,31,32). The van der Waals surface area contributed by atoms with Gasteiger partial charge in [-0.1, -0.05) is 48.5 Å². The summed E-state index contributed by atoms with van der Waals surface area (Å²) < 4.78 is 1.98. The average Bonchev–Trinajstić information content (AvgIpc) is 3.17. The molecule has 0 unspecified atom stereocenters. The predicted octanol–water partition coefficient (Wildman–Crippen LogP) is 3.99. The lowest BCUT2D eigenvalue weighted by molar-refractivity contribution is -0.385. The summed E-state index contributed by atoms with van der Waals surface area (Å²) in [6.07, 6.45) is 3.22. The highest BCUT2D eigenvalue weighted by molar-refractivity contribution is 5.99. The number of benzene rings is 3. The van der Waals surface area contributed by atoms with Gasteiger partial charge in [0.25, 0.3) is 5.69 Å². The zero-order valence-corrected chi connectivity index (χ0v) is 17.9. The van der Waals surface area contributed by atoms with Crippen LogP contribution in [0.3, 0.4) is 0 Å². The first-order valence-corrected chi connectivity index (χ1v) is 10.4. The summed E-state index contributed by atoms with van der Waals surface area (Å²) >= 11 is 0. The van der Waals surface area contributed by atoms with E-state index in [9.17, 15) is 24.8 Å². The maximum Gasteiger partial charge on any atom is 0.335 e. The lowest BCUT2D eigenvalue weighted by atomic mass is 10.1. The molecule has 0 radical (unpaired) electrons. The molecule has 0 fully saturated rings. The number of hydrogen-bond acceptors (Lipinski definition) is 5. The second-order valence-electron chi connectivity index (χ2n) is 7.59. The van der Waals surface area contributed by atoms with Crippen molar-refractivity contribution in [3.05, 3.63) is 111 Å². The fourth-order valence-electron chi connectivity index (χ4n) is 3.73. The quantitative estimate of drug-likeness (QED) is 0.235. The van der Waals surface area contributed by atoms with Crippen molar-refractivity contribution < 1.29 is 19.6 Å². The summed E-state index contributed by atoms with van der Waals surface area (Å²) in [5.41, 5.74) is 5.36. The largest absolute Gasteiger partial charge is 0.478 e. The second kappa shape index (κ2) is 9.78. The van der Waals surface area contributed by atoms with Gasteiger partial charge in [-0.05, 0) is 23.8 Å². The van der Waals surface area contributed by atoms with Crippen molar-refractivity contribution in [1.82, 2.24) is 9.99 Å². The molecule has 0 atom stereocenters. The van der Waals surface area contributed by atoms with Gasteiger partial charge in [0, 0.05) is 40.8 Å². The molecule has 170 valence electrons. The van der Waals surface area contributed by atoms with Crippen LogP contribution in [0.5, 0.6) is 0 Å². The molecule has 0 saturated heterocycles. The molecule has 9 heteroatoms. The van der Waals surface area contributed by atoms with Crippen LogP contribution in [0, 0.1) is 10.1 Å². The Balaban J connectivity index is 1.52. The van der Waals surface area contributed by atoms with Crippen LogP contribution in [0.2, 0.25) is 0 Å². The van der Waals surface area contributed by atoms with Gasteiger partial charge >= 0.3 is 5.97 Å². The van der Waals surface area contributed by atoms with Gasteiger partial charge < -0.3 is 9.67 Å². The van der Waals surface area contributed by atoms with Crippen molar-refractivity contribution in [2.75, 3.05) is 0 Å². The molecule has 0 bridgehead atoms. The van der Waals surface area contributed by atoms with Crippen LogP contribution in [0.4, 0.5) is 5.69 Å². The van der Waals surface area contributed by atoms with E-state index in [2.05, 4.69) is 10.5 Å². The van der Waals surface area contributed by atoms with Crippen molar-refractivity contribution in [2.24, 2.45) is 5.10 Å². The number of amides is 1. The van der Waals surface area contributed by atoms with Gasteiger partial charge in [0.15, 0.2) is 0 Å². The highest BCUT2D eigenvalue weighted by Gasteiger charge is 2.15. The van der Waals surface area contributed by atoms with Gasteiger partial charge in [-0.25, -0.2) is 10.2 Å². The van der Waals surface area contributed by atoms with Gasteiger partial charge in [0.05, 0.1) is 23.1 Å². The predicted molar refractivity (Wildman–Crippen MR) is 127 cm³/mol. The van der Waals surface area contributed by atoms with E-state index in [4.69, 9.17) is 0 Å². The third kappa shape index (κ3) is 4.99. The molecule has 1 aromatic heterocycles. The molecule has 0 aliphatic heterocycles. The number of nitrogens with one attached hydrogen (secondary N) is 1. The van der Waals surface area contributed by atoms with Crippen LogP contribution in [0.1, 0.15) is 27.0 Å². The van der Waals surface area contributed by atoms with Gasteiger partial charge in [0.2, 0.25) is 5.91 Å². The molecule has 1 amide bonds. The molecule has 0 aliphatic carbocycles. The van der Waals surface area contributed by atoms with E-state index < -0.39 is 16.8 Å². The first-order valence-electron chi connectivity index (χ1n) is 10.4.